The highest BCUT2D eigenvalue weighted by Crippen LogP contribution is 2.26. The normalized spacial score (nSPS) is 11.2. The number of nitrogens with zero attached hydrogens (tertiary/aromatic N) is 3. The zero-order chi connectivity index (χ0) is 22.6. The molecule has 0 spiro atoms. The third kappa shape index (κ3) is 6.04. The van der Waals surface area contributed by atoms with E-state index in [0.29, 0.717) is 23.3 Å². The van der Waals surface area contributed by atoms with Crippen LogP contribution >= 0.6 is 23.2 Å². The first-order valence-electron chi connectivity index (χ1n) is 9.40. The van der Waals surface area contributed by atoms with Crippen molar-refractivity contribution in [3.8, 4) is 0 Å². The van der Waals surface area contributed by atoms with E-state index < -0.39 is 11.4 Å². The second kappa shape index (κ2) is 9.47. The molecular formula is C21H22Cl2N6O2. The van der Waals surface area contributed by atoms with Crippen LogP contribution in [0, 0.1) is 6.92 Å². The van der Waals surface area contributed by atoms with Gasteiger partial charge in [0.15, 0.2) is 0 Å². The number of anilines is 4. The molecule has 10 heteroatoms. The Morgan fingerprint density at radius 3 is 2.48 bits per heavy atom. The van der Waals surface area contributed by atoms with Crippen molar-refractivity contribution >= 4 is 52.4 Å². The largest absolute Gasteiger partial charge is 0.394 e. The molecule has 3 rings (SSSR count). The highest BCUT2D eigenvalue weighted by Gasteiger charge is 2.18. The van der Waals surface area contributed by atoms with E-state index in [0.717, 1.165) is 5.69 Å². The summed E-state index contributed by atoms with van der Waals surface area (Å²) in [5.74, 6) is 0.921. The molecule has 0 saturated heterocycles. The van der Waals surface area contributed by atoms with Crippen molar-refractivity contribution in [2.24, 2.45) is 0 Å². The molecule has 0 atom stereocenters. The van der Waals surface area contributed by atoms with E-state index in [2.05, 4.69) is 30.9 Å². The van der Waals surface area contributed by atoms with Crippen molar-refractivity contribution in [1.82, 2.24) is 15.0 Å². The maximum absolute atomic E-state index is 12.6. The molecule has 0 saturated carbocycles. The number of aliphatic hydroxyl groups excluding tert-OH is 1. The first kappa shape index (κ1) is 22.7. The number of benzene rings is 1. The molecule has 0 aliphatic rings. The van der Waals surface area contributed by atoms with Gasteiger partial charge in [-0.3, -0.25) is 4.79 Å². The van der Waals surface area contributed by atoms with Crippen LogP contribution in [-0.4, -0.2) is 38.1 Å². The van der Waals surface area contributed by atoms with Gasteiger partial charge in [-0.1, -0.05) is 29.3 Å². The molecule has 3 aromatic rings. The van der Waals surface area contributed by atoms with Crippen LogP contribution in [0.2, 0.25) is 10.0 Å². The topological polar surface area (TPSA) is 112 Å². The molecule has 1 aromatic carbocycles. The molecule has 0 aliphatic heterocycles. The number of hydrogen-bond acceptors (Lipinski definition) is 7. The molecule has 0 bridgehead atoms. The fraction of sp³-hybridized carbons (Fsp3) is 0.238. The Labute approximate surface area is 190 Å². The van der Waals surface area contributed by atoms with Crippen molar-refractivity contribution < 1.29 is 9.90 Å². The number of carbonyl (C=O) groups excluding carboxylic acids is 1. The first-order valence-corrected chi connectivity index (χ1v) is 10.2. The molecule has 0 radical (unpaired) electrons. The minimum Gasteiger partial charge on any atom is -0.394 e. The van der Waals surface area contributed by atoms with Crippen molar-refractivity contribution in [2.45, 2.75) is 26.3 Å². The van der Waals surface area contributed by atoms with Gasteiger partial charge in [-0.05, 0) is 39.0 Å². The van der Waals surface area contributed by atoms with E-state index in [-0.39, 0.29) is 22.2 Å². The van der Waals surface area contributed by atoms with Crippen molar-refractivity contribution in [2.75, 3.05) is 22.6 Å². The molecule has 1 amide bonds. The summed E-state index contributed by atoms with van der Waals surface area (Å²) in [4.78, 5) is 25.6. The Bertz CT molecular complexity index is 1090. The summed E-state index contributed by atoms with van der Waals surface area (Å²) in [6, 6.07) is 9.94. The lowest BCUT2D eigenvalue weighted by Gasteiger charge is -2.23. The van der Waals surface area contributed by atoms with Gasteiger partial charge in [-0.15, -0.1) is 0 Å². The van der Waals surface area contributed by atoms with Crippen LogP contribution in [0.1, 0.15) is 29.9 Å². The number of aliphatic hydroxyl groups is 1. The predicted molar refractivity (Wildman–Crippen MR) is 123 cm³/mol. The molecular weight excluding hydrogens is 439 g/mol. The second-order valence-electron chi connectivity index (χ2n) is 7.49. The van der Waals surface area contributed by atoms with Crippen LogP contribution in [-0.2, 0) is 0 Å². The smallest absolute Gasteiger partial charge is 0.258 e. The fourth-order valence-corrected chi connectivity index (χ4v) is 3.22. The number of carbonyl (C=O) groups is 1. The average Bonchev–Trinajstić information content (AvgIpc) is 2.67. The van der Waals surface area contributed by atoms with Gasteiger partial charge < -0.3 is 21.1 Å². The number of aromatic nitrogens is 3. The maximum Gasteiger partial charge on any atom is 0.258 e. The molecule has 31 heavy (non-hydrogen) atoms. The summed E-state index contributed by atoms with van der Waals surface area (Å²) in [6.07, 6.45) is 1.55. The number of pyridine rings is 1. The van der Waals surface area contributed by atoms with Gasteiger partial charge in [0.25, 0.3) is 5.91 Å². The lowest BCUT2D eigenvalue weighted by atomic mass is 10.1. The van der Waals surface area contributed by atoms with Crippen LogP contribution in [0.3, 0.4) is 0 Å². The summed E-state index contributed by atoms with van der Waals surface area (Å²) < 4.78 is 0. The minimum absolute atomic E-state index is 0.0776. The van der Waals surface area contributed by atoms with Gasteiger partial charge in [0.1, 0.15) is 11.6 Å². The van der Waals surface area contributed by atoms with E-state index >= 15 is 0 Å². The Morgan fingerprint density at radius 2 is 1.81 bits per heavy atom. The molecule has 0 unspecified atom stereocenters. The number of halogens is 2. The standard InChI is InChI=1S/C21H22Cl2N6O2/c1-12-9-17(28-20(25-12)29-21(2,3)11-30)27-16-10-13(7-8-24-16)26-19(31)18-14(22)5-4-6-15(18)23/h4-10,30H,11H2,1-3H3,(H3,24,25,26,27,28,29,31). The second-order valence-corrected chi connectivity index (χ2v) is 8.31. The molecule has 0 fully saturated rings. The third-order valence-corrected chi connectivity index (χ3v) is 4.79. The van der Waals surface area contributed by atoms with E-state index in [4.69, 9.17) is 23.2 Å². The Hall–Kier alpha value is -2.94. The molecule has 162 valence electrons. The molecule has 2 aromatic heterocycles. The molecule has 2 heterocycles. The van der Waals surface area contributed by atoms with Gasteiger partial charge in [-0.2, -0.15) is 4.98 Å². The SMILES string of the molecule is Cc1cc(Nc2cc(NC(=O)c3c(Cl)cccc3Cl)ccn2)nc(NC(C)(C)CO)n1. The Balaban J connectivity index is 1.78. The summed E-state index contributed by atoms with van der Waals surface area (Å²) in [7, 11) is 0. The quantitative estimate of drug-likeness (QED) is 0.405. The van der Waals surface area contributed by atoms with E-state index in [1.807, 2.05) is 20.8 Å². The Morgan fingerprint density at radius 1 is 1.10 bits per heavy atom. The monoisotopic (exact) mass is 460 g/mol. The van der Waals surface area contributed by atoms with Crippen LogP contribution in [0.4, 0.5) is 23.3 Å². The number of rotatable bonds is 7. The van der Waals surface area contributed by atoms with Crippen molar-refractivity contribution in [3.63, 3.8) is 0 Å². The van der Waals surface area contributed by atoms with E-state index in [1.54, 1.807) is 42.6 Å². The number of nitrogens with one attached hydrogen (secondary N) is 3. The predicted octanol–water partition coefficient (Wildman–Crippen LogP) is 4.67. The highest BCUT2D eigenvalue weighted by molar-refractivity contribution is 6.40. The molecule has 8 nitrogen and oxygen atoms in total. The lowest BCUT2D eigenvalue weighted by Crippen LogP contribution is -2.35. The first-order chi connectivity index (χ1) is 14.7. The zero-order valence-corrected chi connectivity index (χ0v) is 18.7. The van der Waals surface area contributed by atoms with Gasteiger partial charge in [-0.25, -0.2) is 9.97 Å². The third-order valence-electron chi connectivity index (χ3n) is 4.16. The fourth-order valence-electron chi connectivity index (χ4n) is 2.65. The Kier molecular flexibility index (Phi) is 6.94. The lowest BCUT2D eigenvalue weighted by molar-refractivity contribution is 0.102. The van der Waals surface area contributed by atoms with Gasteiger partial charge in [0, 0.05) is 29.7 Å². The van der Waals surface area contributed by atoms with Crippen molar-refractivity contribution in [1.29, 1.82) is 0 Å². The number of hydrogen-bond donors (Lipinski definition) is 4. The molecule has 0 aliphatic carbocycles. The van der Waals surface area contributed by atoms with E-state index in [9.17, 15) is 9.90 Å². The van der Waals surface area contributed by atoms with Crippen molar-refractivity contribution in [3.05, 3.63) is 63.9 Å². The summed E-state index contributed by atoms with van der Waals surface area (Å²) >= 11 is 12.2. The van der Waals surface area contributed by atoms with Gasteiger partial charge in [0.2, 0.25) is 5.95 Å². The van der Waals surface area contributed by atoms with Crippen LogP contribution in [0.15, 0.2) is 42.6 Å². The van der Waals surface area contributed by atoms with Crippen LogP contribution in [0.5, 0.6) is 0 Å². The van der Waals surface area contributed by atoms with Crippen LogP contribution in [0.25, 0.3) is 0 Å². The average molecular weight is 461 g/mol. The summed E-state index contributed by atoms with van der Waals surface area (Å²) in [6.45, 7) is 5.43. The number of amides is 1. The highest BCUT2D eigenvalue weighted by atomic mass is 35.5. The molecule has 4 N–H and O–H groups in total. The number of aryl methyl sites for hydroxylation is 1. The minimum atomic E-state index is -0.576. The van der Waals surface area contributed by atoms with E-state index in [1.165, 1.54) is 0 Å². The van der Waals surface area contributed by atoms with Gasteiger partial charge in [0.05, 0.1) is 27.8 Å². The maximum atomic E-state index is 12.6. The summed E-state index contributed by atoms with van der Waals surface area (Å²) in [5, 5.41) is 18.9. The zero-order valence-electron chi connectivity index (χ0n) is 17.2. The van der Waals surface area contributed by atoms with Crippen LogP contribution < -0.4 is 16.0 Å². The van der Waals surface area contributed by atoms with Gasteiger partial charge >= 0.3 is 0 Å². The summed E-state index contributed by atoms with van der Waals surface area (Å²) in [5.41, 5.74) is 0.856.